The van der Waals surface area contributed by atoms with Gasteiger partial charge in [0.1, 0.15) is 5.82 Å². The molecule has 1 rings (SSSR count). The first-order valence-electron chi connectivity index (χ1n) is 4.34. The maximum Gasteiger partial charge on any atom is 0.144 e. The van der Waals surface area contributed by atoms with Crippen molar-refractivity contribution < 1.29 is 0 Å². The van der Waals surface area contributed by atoms with Gasteiger partial charge in [0, 0.05) is 13.6 Å². The topological polar surface area (TPSA) is 68.8 Å². The average Bonchev–Trinajstić information content (AvgIpc) is 2.48. The maximum absolute atomic E-state index is 5.61. The molecule has 5 nitrogen and oxygen atoms in total. The molecule has 0 bridgehead atoms. The third-order valence-corrected chi connectivity index (χ3v) is 2.02. The standard InChI is InChI=1S/C8H17N5/c1-8(2,5-9)6-10-7-4-11-12-13(7)3/h4,10H,5-6,9H2,1-3H3. The highest BCUT2D eigenvalue weighted by molar-refractivity contribution is 5.30. The molecule has 1 aromatic heterocycles. The Balaban J connectivity index is 2.48. The van der Waals surface area contributed by atoms with Gasteiger partial charge in [-0.15, -0.1) is 5.10 Å². The van der Waals surface area contributed by atoms with Crippen molar-refractivity contribution in [1.82, 2.24) is 15.0 Å². The van der Waals surface area contributed by atoms with Gasteiger partial charge in [-0.1, -0.05) is 19.1 Å². The van der Waals surface area contributed by atoms with Crippen molar-refractivity contribution in [3.8, 4) is 0 Å². The van der Waals surface area contributed by atoms with Crippen molar-refractivity contribution in [3.63, 3.8) is 0 Å². The Hall–Kier alpha value is -1.10. The maximum atomic E-state index is 5.61. The summed E-state index contributed by atoms with van der Waals surface area (Å²) >= 11 is 0. The molecule has 0 radical (unpaired) electrons. The average molecular weight is 183 g/mol. The van der Waals surface area contributed by atoms with E-state index in [2.05, 4.69) is 29.5 Å². The molecule has 0 saturated carbocycles. The van der Waals surface area contributed by atoms with E-state index < -0.39 is 0 Å². The van der Waals surface area contributed by atoms with E-state index in [9.17, 15) is 0 Å². The zero-order chi connectivity index (χ0) is 9.90. The third-order valence-electron chi connectivity index (χ3n) is 2.02. The first-order valence-corrected chi connectivity index (χ1v) is 4.34. The minimum absolute atomic E-state index is 0.101. The fraction of sp³-hybridized carbons (Fsp3) is 0.750. The van der Waals surface area contributed by atoms with Gasteiger partial charge in [-0.05, 0) is 12.0 Å². The number of rotatable bonds is 4. The number of hydrogen-bond acceptors (Lipinski definition) is 4. The molecule has 0 atom stereocenters. The number of nitrogens with two attached hydrogens (primary N) is 1. The van der Waals surface area contributed by atoms with Gasteiger partial charge in [-0.3, -0.25) is 0 Å². The molecule has 0 aliphatic carbocycles. The van der Waals surface area contributed by atoms with Gasteiger partial charge in [-0.25, -0.2) is 4.68 Å². The van der Waals surface area contributed by atoms with Crippen LogP contribution in [-0.4, -0.2) is 28.1 Å². The summed E-state index contributed by atoms with van der Waals surface area (Å²) in [4.78, 5) is 0. The Bertz CT molecular complexity index is 265. The summed E-state index contributed by atoms with van der Waals surface area (Å²) in [6.07, 6.45) is 1.70. The number of hydrogen-bond donors (Lipinski definition) is 2. The Morgan fingerprint density at radius 1 is 1.62 bits per heavy atom. The highest BCUT2D eigenvalue weighted by Crippen LogP contribution is 2.13. The van der Waals surface area contributed by atoms with E-state index in [0.29, 0.717) is 6.54 Å². The molecule has 0 aliphatic heterocycles. The summed E-state index contributed by atoms with van der Waals surface area (Å²) in [6, 6.07) is 0. The molecule has 5 heteroatoms. The van der Waals surface area contributed by atoms with Gasteiger partial charge < -0.3 is 11.1 Å². The molecule has 0 spiro atoms. The quantitative estimate of drug-likeness (QED) is 0.700. The van der Waals surface area contributed by atoms with Crippen molar-refractivity contribution in [2.75, 3.05) is 18.4 Å². The van der Waals surface area contributed by atoms with Crippen LogP contribution in [0.1, 0.15) is 13.8 Å². The fourth-order valence-electron chi connectivity index (χ4n) is 0.852. The summed E-state index contributed by atoms with van der Waals surface area (Å²) in [5.74, 6) is 0.918. The van der Waals surface area contributed by atoms with Crippen molar-refractivity contribution in [2.45, 2.75) is 13.8 Å². The van der Waals surface area contributed by atoms with Crippen LogP contribution in [0.4, 0.5) is 5.82 Å². The molecule has 0 aliphatic rings. The van der Waals surface area contributed by atoms with Crippen molar-refractivity contribution >= 4 is 5.82 Å². The van der Waals surface area contributed by atoms with Crippen LogP contribution in [-0.2, 0) is 7.05 Å². The number of nitrogens with zero attached hydrogens (tertiary/aromatic N) is 3. The van der Waals surface area contributed by atoms with Gasteiger partial charge in [0.2, 0.25) is 0 Å². The summed E-state index contributed by atoms with van der Waals surface area (Å²) in [5.41, 5.74) is 5.71. The van der Waals surface area contributed by atoms with Crippen LogP contribution >= 0.6 is 0 Å². The van der Waals surface area contributed by atoms with E-state index in [0.717, 1.165) is 12.4 Å². The van der Waals surface area contributed by atoms with Crippen molar-refractivity contribution in [3.05, 3.63) is 6.20 Å². The Labute approximate surface area is 78.3 Å². The number of anilines is 1. The van der Waals surface area contributed by atoms with Crippen LogP contribution in [0, 0.1) is 5.41 Å². The normalized spacial score (nSPS) is 11.7. The second kappa shape index (κ2) is 3.74. The lowest BCUT2D eigenvalue weighted by Crippen LogP contribution is -2.31. The molecule has 3 N–H and O–H groups in total. The number of aryl methyl sites for hydroxylation is 1. The van der Waals surface area contributed by atoms with Crippen molar-refractivity contribution in [2.24, 2.45) is 18.2 Å². The highest BCUT2D eigenvalue weighted by Gasteiger charge is 2.15. The zero-order valence-electron chi connectivity index (χ0n) is 8.41. The highest BCUT2D eigenvalue weighted by atomic mass is 15.4. The SMILES string of the molecule is Cn1nncc1NCC(C)(C)CN. The molecule has 74 valence electrons. The number of nitrogens with one attached hydrogen (secondary N) is 1. The monoisotopic (exact) mass is 183 g/mol. The van der Waals surface area contributed by atoms with Crippen molar-refractivity contribution in [1.29, 1.82) is 0 Å². The molecule has 1 aromatic rings. The predicted octanol–water partition coefficient (Wildman–Crippen LogP) is 0.212. The minimum Gasteiger partial charge on any atom is -0.368 e. The molecule has 0 unspecified atom stereocenters. The summed E-state index contributed by atoms with van der Waals surface area (Å²) in [7, 11) is 1.85. The van der Waals surface area contributed by atoms with Crippen LogP contribution in [0.25, 0.3) is 0 Å². The lowest BCUT2D eigenvalue weighted by molar-refractivity contribution is 0.404. The zero-order valence-corrected chi connectivity index (χ0v) is 8.41. The van der Waals surface area contributed by atoms with Gasteiger partial charge in [-0.2, -0.15) is 0 Å². The largest absolute Gasteiger partial charge is 0.368 e. The Kier molecular flexibility index (Phi) is 2.87. The van der Waals surface area contributed by atoms with E-state index in [1.165, 1.54) is 0 Å². The smallest absolute Gasteiger partial charge is 0.144 e. The first-order chi connectivity index (χ1) is 6.05. The molecule has 0 saturated heterocycles. The van der Waals surface area contributed by atoms with Gasteiger partial charge in [0.05, 0.1) is 6.20 Å². The molecule has 0 amide bonds. The molecule has 13 heavy (non-hydrogen) atoms. The molecule has 1 heterocycles. The predicted molar refractivity (Wildman–Crippen MR) is 52.3 cm³/mol. The van der Waals surface area contributed by atoms with Gasteiger partial charge >= 0.3 is 0 Å². The summed E-state index contributed by atoms with van der Waals surface area (Å²) in [6.45, 7) is 5.71. The van der Waals surface area contributed by atoms with Crippen LogP contribution < -0.4 is 11.1 Å². The number of aromatic nitrogens is 3. The van der Waals surface area contributed by atoms with Crippen LogP contribution in [0.3, 0.4) is 0 Å². The van der Waals surface area contributed by atoms with E-state index in [4.69, 9.17) is 5.73 Å². The summed E-state index contributed by atoms with van der Waals surface area (Å²) in [5, 5.41) is 10.8. The second-order valence-corrected chi connectivity index (χ2v) is 3.96. The lowest BCUT2D eigenvalue weighted by Gasteiger charge is -2.22. The van der Waals surface area contributed by atoms with Crippen LogP contribution in [0.15, 0.2) is 6.20 Å². The second-order valence-electron chi connectivity index (χ2n) is 3.96. The Morgan fingerprint density at radius 3 is 2.77 bits per heavy atom. The van der Waals surface area contributed by atoms with E-state index in [1.807, 2.05) is 7.05 Å². The molecular weight excluding hydrogens is 166 g/mol. The van der Waals surface area contributed by atoms with Crippen LogP contribution in [0.5, 0.6) is 0 Å². The molecule has 0 aromatic carbocycles. The van der Waals surface area contributed by atoms with E-state index in [1.54, 1.807) is 10.9 Å². The molecular formula is C8H17N5. The van der Waals surface area contributed by atoms with E-state index >= 15 is 0 Å². The van der Waals surface area contributed by atoms with Gasteiger partial charge in [0.25, 0.3) is 0 Å². The third kappa shape index (κ3) is 2.69. The molecule has 0 fully saturated rings. The Morgan fingerprint density at radius 2 is 2.31 bits per heavy atom. The summed E-state index contributed by atoms with van der Waals surface area (Å²) < 4.78 is 1.70. The van der Waals surface area contributed by atoms with E-state index in [-0.39, 0.29) is 5.41 Å². The fourth-order valence-corrected chi connectivity index (χ4v) is 0.852. The first kappa shape index (κ1) is 9.98. The lowest BCUT2D eigenvalue weighted by atomic mass is 9.94. The minimum atomic E-state index is 0.101. The van der Waals surface area contributed by atoms with Gasteiger partial charge in [0.15, 0.2) is 0 Å². The van der Waals surface area contributed by atoms with Crippen LogP contribution in [0.2, 0.25) is 0 Å².